The van der Waals surface area contributed by atoms with Gasteiger partial charge in [-0.25, -0.2) is 4.39 Å². The Bertz CT molecular complexity index is 560. The van der Waals surface area contributed by atoms with E-state index in [4.69, 9.17) is 15.4 Å². The molecule has 2 N–H and O–H groups in total. The van der Waals surface area contributed by atoms with Crippen LogP contribution in [0.1, 0.15) is 0 Å². The number of hydrogen-bond acceptors (Lipinski definition) is 5. The number of hydrogen-bond donors (Lipinski definition) is 2. The Kier molecular flexibility index (Phi) is 4.63. The Balaban J connectivity index is 2.05. The SMILES string of the molecule is N#C/C(=N/Nc1cccc(F)c1)C(=N)N1CCOCC1. The van der Waals surface area contributed by atoms with Crippen LogP contribution < -0.4 is 5.43 Å². The fraction of sp³-hybridized carbons (Fsp3) is 0.308. The zero-order valence-corrected chi connectivity index (χ0v) is 10.8. The maximum absolute atomic E-state index is 13.0. The van der Waals surface area contributed by atoms with Gasteiger partial charge in [-0.05, 0) is 18.2 Å². The fourth-order valence-corrected chi connectivity index (χ4v) is 1.75. The van der Waals surface area contributed by atoms with Gasteiger partial charge in [0.2, 0.25) is 5.71 Å². The maximum atomic E-state index is 13.0. The van der Waals surface area contributed by atoms with Crippen LogP contribution in [0.5, 0.6) is 0 Å². The molecule has 104 valence electrons. The molecule has 7 heteroatoms. The normalized spacial score (nSPS) is 15.6. The molecule has 0 unspecified atom stereocenters. The monoisotopic (exact) mass is 275 g/mol. The summed E-state index contributed by atoms with van der Waals surface area (Å²) in [6, 6.07) is 7.61. The molecule has 0 aliphatic carbocycles. The maximum Gasteiger partial charge on any atom is 0.202 e. The Hall–Kier alpha value is -2.46. The third-order valence-electron chi connectivity index (χ3n) is 2.78. The molecule has 1 heterocycles. The summed E-state index contributed by atoms with van der Waals surface area (Å²) in [6.07, 6.45) is 0. The highest BCUT2D eigenvalue weighted by molar-refractivity contribution is 6.46. The Labute approximate surface area is 116 Å². The summed E-state index contributed by atoms with van der Waals surface area (Å²) in [6.45, 7) is 2.16. The van der Waals surface area contributed by atoms with E-state index in [2.05, 4.69) is 10.5 Å². The molecule has 1 aliphatic heterocycles. The Morgan fingerprint density at radius 1 is 1.45 bits per heavy atom. The predicted octanol–water partition coefficient (Wildman–Crippen LogP) is 1.43. The van der Waals surface area contributed by atoms with Crippen LogP contribution in [0.25, 0.3) is 0 Å². The van der Waals surface area contributed by atoms with Gasteiger partial charge in [-0.2, -0.15) is 10.4 Å². The van der Waals surface area contributed by atoms with Gasteiger partial charge in [0, 0.05) is 13.1 Å². The summed E-state index contributed by atoms with van der Waals surface area (Å²) < 4.78 is 18.2. The van der Waals surface area contributed by atoms with Crippen molar-refractivity contribution >= 4 is 17.2 Å². The molecule has 0 bridgehead atoms. The summed E-state index contributed by atoms with van der Waals surface area (Å²) in [5.41, 5.74) is 2.96. The second-order valence-corrected chi connectivity index (χ2v) is 4.14. The van der Waals surface area contributed by atoms with E-state index >= 15 is 0 Å². The summed E-state index contributed by atoms with van der Waals surface area (Å²) in [5.74, 6) is -0.355. The van der Waals surface area contributed by atoms with Crippen LogP contribution in [0.15, 0.2) is 29.4 Å². The van der Waals surface area contributed by atoms with E-state index in [9.17, 15) is 4.39 Å². The molecule has 0 saturated carbocycles. The lowest BCUT2D eigenvalue weighted by Gasteiger charge is -2.28. The number of ether oxygens (including phenoxy) is 1. The second-order valence-electron chi connectivity index (χ2n) is 4.14. The number of benzene rings is 1. The molecule has 2 rings (SSSR count). The standard InChI is InChI=1S/C13H14FN5O/c14-10-2-1-3-11(8-10)17-18-12(9-15)13(16)19-4-6-20-7-5-19/h1-3,8,16-17H,4-7H2/b16-13?,18-12-. The van der Waals surface area contributed by atoms with Crippen molar-refractivity contribution in [3.8, 4) is 6.07 Å². The van der Waals surface area contributed by atoms with E-state index in [0.29, 0.717) is 32.0 Å². The molecule has 0 aromatic heterocycles. The smallest absolute Gasteiger partial charge is 0.202 e. The summed E-state index contributed by atoms with van der Waals surface area (Å²) in [4.78, 5) is 1.72. The zero-order chi connectivity index (χ0) is 14.4. The lowest BCUT2D eigenvalue weighted by molar-refractivity contribution is 0.0686. The Morgan fingerprint density at radius 3 is 2.85 bits per heavy atom. The van der Waals surface area contributed by atoms with Crippen molar-refractivity contribution in [2.45, 2.75) is 0 Å². The van der Waals surface area contributed by atoms with Gasteiger partial charge in [0.05, 0.1) is 18.9 Å². The largest absolute Gasteiger partial charge is 0.378 e. The average Bonchev–Trinajstić information content (AvgIpc) is 2.48. The molecule has 0 spiro atoms. The number of amidine groups is 1. The van der Waals surface area contributed by atoms with Crippen LogP contribution in [0.4, 0.5) is 10.1 Å². The first-order valence-electron chi connectivity index (χ1n) is 6.11. The molecule has 20 heavy (non-hydrogen) atoms. The van der Waals surface area contributed by atoms with Crippen molar-refractivity contribution in [1.29, 1.82) is 10.7 Å². The Morgan fingerprint density at radius 2 is 2.20 bits per heavy atom. The van der Waals surface area contributed by atoms with E-state index in [0.717, 1.165) is 0 Å². The van der Waals surface area contributed by atoms with Crippen molar-refractivity contribution in [1.82, 2.24) is 4.90 Å². The number of nitrogens with zero attached hydrogens (tertiary/aromatic N) is 3. The number of rotatable bonds is 3. The van der Waals surface area contributed by atoms with Gasteiger partial charge >= 0.3 is 0 Å². The topological polar surface area (TPSA) is 84.5 Å². The van der Waals surface area contributed by atoms with Crippen LogP contribution in [-0.2, 0) is 4.74 Å². The quantitative estimate of drug-likeness (QED) is 0.496. The molecule has 0 amide bonds. The predicted molar refractivity (Wildman–Crippen MR) is 73.2 cm³/mol. The molecule has 1 fully saturated rings. The van der Waals surface area contributed by atoms with Crippen molar-refractivity contribution in [3.63, 3.8) is 0 Å². The van der Waals surface area contributed by atoms with E-state index in [-0.39, 0.29) is 11.5 Å². The molecule has 1 saturated heterocycles. The summed E-state index contributed by atoms with van der Waals surface area (Å²) >= 11 is 0. The lowest BCUT2D eigenvalue weighted by Crippen LogP contribution is -2.43. The first kappa shape index (κ1) is 14.0. The van der Waals surface area contributed by atoms with Gasteiger partial charge in [0.1, 0.15) is 11.9 Å². The van der Waals surface area contributed by atoms with Crippen LogP contribution in [0.2, 0.25) is 0 Å². The second kappa shape index (κ2) is 6.63. The minimum atomic E-state index is -0.396. The van der Waals surface area contributed by atoms with E-state index in [1.807, 2.05) is 6.07 Å². The fourth-order valence-electron chi connectivity index (χ4n) is 1.75. The third kappa shape index (κ3) is 3.52. The number of hydrazone groups is 1. The van der Waals surface area contributed by atoms with Gasteiger partial charge in [0.15, 0.2) is 5.84 Å². The number of halogens is 1. The van der Waals surface area contributed by atoms with E-state index in [1.54, 1.807) is 11.0 Å². The minimum Gasteiger partial charge on any atom is -0.378 e. The van der Waals surface area contributed by atoms with Gasteiger partial charge in [-0.15, -0.1) is 0 Å². The lowest BCUT2D eigenvalue weighted by atomic mass is 10.3. The molecule has 1 aromatic carbocycles. The molecule has 1 aromatic rings. The first-order valence-corrected chi connectivity index (χ1v) is 6.11. The van der Waals surface area contributed by atoms with Gasteiger partial charge in [0.25, 0.3) is 0 Å². The van der Waals surface area contributed by atoms with Crippen molar-refractivity contribution in [2.24, 2.45) is 5.10 Å². The number of morpholine rings is 1. The number of nitrogens with one attached hydrogen (secondary N) is 2. The van der Waals surface area contributed by atoms with Gasteiger partial charge in [-0.1, -0.05) is 6.07 Å². The van der Waals surface area contributed by atoms with Crippen LogP contribution in [0.3, 0.4) is 0 Å². The summed E-state index contributed by atoms with van der Waals surface area (Å²) in [7, 11) is 0. The van der Waals surface area contributed by atoms with Crippen LogP contribution >= 0.6 is 0 Å². The highest BCUT2D eigenvalue weighted by Gasteiger charge is 2.18. The van der Waals surface area contributed by atoms with Gasteiger partial charge in [-0.3, -0.25) is 10.8 Å². The first-order chi connectivity index (χ1) is 9.70. The average molecular weight is 275 g/mol. The van der Waals surface area contributed by atoms with Crippen LogP contribution in [-0.4, -0.2) is 42.8 Å². The van der Waals surface area contributed by atoms with Crippen molar-refractivity contribution in [2.75, 3.05) is 31.7 Å². The molecular weight excluding hydrogens is 261 g/mol. The van der Waals surface area contributed by atoms with Crippen molar-refractivity contribution < 1.29 is 9.13 Å². The molecule has 0 radical (unpaired) electrons. The molecule has 6 nitrogen and oxygen atoms in total. The minimum absolute atomic E-state index is 0.0414. The van der Waals surface area contributed by atoms with Crippen molar-refractivity contribution in [3.05, 3.63) is 30.1 Å². The highest BCUT2D eigenvalue weighted by Crippen LogP contribution is 2.09. The third-order valence-corrected chi connectivity index (χ3v) is 2.78. The zero-order valence-electron chi connectivity index (χ0n) is 10.8. The molecule has 0 atom stereocenters. The highest BCUT2D eigenvalue weighted by atomic mass is 19.1. The number of anilines is 1. The van der Waals surface area contributed by atoms with E-state index in [1.165, 1.54) is 18.2 Å². The molecular formula is C13H14FN5O. The summed E-state index contributed by atoms with van der Waals surface area (Å²) in [5, 5.41) is 20.9. The van der Waals surface area contributed by atoms with Gasteiger partial charge < -0.3 is 9.64 Å². The number of nitriles is 1. The van der Waals surface area contributed by atoms with Crippen LogP contribution in [0, 0.1) is 22.6 Å². The van der Waals surface area contributed by atoms with E-state index < -0.39 is 5.82 Å². The molecule has 1 aliphatic rings.